The number of carboxylic acids is 1. The van der Waals surface area contributed by atoms with Crippen molar-refractivity contribution in [2.45, 2.75) is 37.9 Å². The second kappa shape index (κ2) is 9.02. The lowest BCUT2D eigenvalue weighted by Crippen LogP contribution is -2.25. The van der Waals surface area contributed by atoms with E-state index in [1.165, 1.54) is 12.1 Å². The van der Waals surface area contributed by atoms with Crippen LogP contribution in [0.1, 0.15) is 31.9 Å². The van der Waals surface area contributed by atoms with Crippen LogP contribution in [-0.2, 0) is 14.3 Å². The van der Waals surface area contributed by atoms with Gasteiger partial charge in [-0.25, -0.2) is 4.79 Å². The lowest BCUT2D eigenvalue weighted by atomic mass is 10.1. The standard InChI is InChI=1S/C23H22ClF3O5/c1-22(2)16(12-17(24)23(25,26)27)18(22)21(30)32-19(20(28)29)13-7-6-10-15(11-13)31-14-8-4-3-5-9-14/h3-11,16-19H,12H2,1-2H3,(H,28,29). The fourth-order valence-electron chi connectivity index (χ4n) is 3.82. The summed E-state index contributed by atoms with van der Waals surface area (Å²) >= 11 is 5.44. The summed E-state index contributed by atoms with van der Waals surface area (Å²) in [5.41, 5.74) is -0.614. The van der Waals surface area contributed by atoms with Crippen LogP contribution in [0.4, 0.5) is 13.2 Å². The van der Waals surface area contributed by atoms with Gasteiger partial charge in [-0.15, -0.1) is 11.6 Å². The number of hydrogen-bond acceptors (Lipinski definition) is 4. The maximum absolute atomic E-state index is 12.8. The van der Waals surface area contributed by atoms with Gasteiger partial charge in [-0.3, -0.25) is 4.79 Å². The minimum Gasteiger partial charge on any atom is -0.478 e. The van der Waals surface area contributed by atoms with E-state index in [0.717, 1.165) is 0 Å². The molecule has 1 saturated carbocycles. The van der Waals surface area contributed by atoms with Gasteiger partial charge >= 0.3 is 18.1 Å². The molecular formula is C23H22ClF3O5. The first kappa shape index (κ1) is 23.9. The van der Waals surface area contributed by atoms with E-state index < -0.39 is 53.3 Å². The van der Waals surface area contributed by atoms with Gasteiger partial charge in [0, 0.05) is 5.56 Å². The summed E-state index contributed by atoms with van der Waals surface area (Å²) in [6, 6.07) is 14.9. The molecule has 4 atom stereocenters. The summed E-state index contributed by atoms with van der Waals surface area (Å²) in [5, 5.41) is 7.53. The molecule has 3 rings (SSSR count). The number of para-hydroxylation sites is 1. The zero-order valence-electron chi connectivity index (χ0n) is 17.3. The Kier molecular flexibility index (Phi) is 6.74. The van der Waals surface area contributed by atoms with Crippen LogP contribution in [-0.4, -0.2) is 28.6 Å². The quantitative estimate of drug-likeness (QED) is 0.379. The summed E-state index contributed by atoms with van der Waals surface area (Å²) in [7, 11) is 0. The molecule has 1 aliphatic rings. The zero-order valence-corrected chi connectivity index (χ0v) is 18.1. The molecule has 0 saturated heterocycles. The highest BCUT2D eigenvalue weighted by Crippen LogP contribution is 2.62. The Hall–Kier alpha value is -2.74. The molecule has 32 heavy (non-hydrogen) atoms. The van der Waals surface area contributed by atoms with Gasteiger partial charge in [-0.05, 0) is 42.0 Å². The van der Waals surface area contributed by atoms with Crippen molar-refractivity contribution in [1.82, 2.24) is 0 Å². The summed E-state index contributed by atoms with van der Waals surface area (Å²) in [6.07, 6.45) is -6.67. The lowest BCUT2D eigenvalue weighted by Gasteiger charge is -2.16. The molecular weight excluding hydrogens is 449 g/mol. The van der Waals surface area contributed by atoms with E-state index in [0.29, 0.717) is 11.5 Å². The Morgan fingerprint density at radius 2 is 1.72 bits per heavy atom. The van der Waals surface area contributed by atoms with Crippen LogP contribution in [0.25, 0.3) is 0 Å². The number of hydrogen-bond donors (Lipinski definition) is 1. The number of benzene rings is 2. The molecule has 2 aromatic rings. The molecule has 4 unspecified atom stereocenters. The van der Waals surface area contributed by atoms with Crippen molar-refractivity contribution in [1.29, 1.82) is 0 Å². The average Bonchev–Trinajstić information content (AvgIpc) is 3.25. The fourth-order valence-corrected chi connectivity index (χ4v) is 4.02. The Morgan fingerprint density at radius 1 is 1.09 bits per heavy atom. The summed E-state index contributed by atoms with van der Waals surface area (Å²) in [6.45, 7) is 3.27. The predicted molar refractivity (Wildman–Crippen MR) is 111 cm³/mol. The monoisotopic (exact) mass is 470 g/mol. The molecule has 0 amide bonds. The van der Waals surface area contributed by atoms with Crippen LogP contribution in [0, 0.1) is 17.3 Å². The Balaban J connectivity index is 1.72. The number of carbonyl (C=O) groups excluding carboxylic acids is 1. The first-order chi connectivity index (χ1) is 14.9. The molecule has 5 nitrogen and oxygen atoms in total. The van der Waals surface area contributed by atoms with Crippen molar-refractivity contribution in [3.05, 3.63) is 60.2 Å². The van der Waals surface area contributed by atoms with Crippen molar-refractivity contribution < 1.29 is 37.3 Å². The third kappa shape index (κ3) is 5.35. The molecule has 2 aromatic carbocycles. The molecule has 9 heteroatoms. The van der Waals surface area contributed by atoms with E-state index in [4.69, 9.17) is 21.1 Å². The average molecular weight is 471 g/mol. The smallest absolute Gasteiger partial charge is 0.404 e. The molecule has 1 fully saturated rings. The first-order valence-corrected chi connectivity index (χ1v) is 10.3. The minimum absolute atomic E-state index is 0.166. The Morgan fingerprint density at radius 3 is 2.31 bits per heavy atom. The van der Waals surface area contributed by atoms with Crippen LogP contribution in [0.15, 0.2) is 54.6 Å². The van der Waals surface area contributed by atoms with E-state index in [1.807, 2.05) is 6.07 Å². The van der Waals surface area contributed by atoms with Gasteiger partial charge < -0.3 is 14.6 Å². The van der Waals surface area contributed by atoms with Gasteiger partial charge in [-0.1, -0.05) is 44.2 Å². The highest BCUT2D eigenvalue weighted by molar-refractivity contribution is 6.21. The number of carboxylic acid groups (broad SMARTS) is 1. The highest BCUT2D eigenvalue weighted by Gasteiger charge is 2.64. The van der Waals surface area contributed by atoms with Gasteiger partial charge in [0.15, 0.2) is 0 Å². The van der Waals surface area contributed by atoms with Crippen LogP contribution in [0.5, 0.6) is 11.5 Å². The normalized spacial score (nSPS) is 21.3. The SMILES string of the molecule is CC1(C)C(CC(Cl)C(F)(F)F)C1C(=O)OC(C(=O)O)c1cccc(Oc2ccccc2)c1. The van der Waals surface area contributed by atoms with Gasteiger partial charge in [0.25, 0.3) is 0 Å². The fraction of sp³-hybridized carbons (Fsp3) is 0.391. The number of alkyl halides is 4. The summed E-state index contributed by atoms with van der Waals surface area (Å²) in [5.74, 6) is -2.94. The van der Waals surface area contributed by atoms with Crippen LogP contribution < -0.4 is 4.74 Å². The maximum Gasteiger partial charge on any atom is 0.404 e. The zero-order chi connectivity index (χ0) is 23.7. The molecule has 0 bridgehead atoms. The van der Waals surface area contributed by atoms with E-state index in [1.54, 1.807) is 50.2 Å². The number of halogens is 4. The topological polar surface area (TPSA) is 72.8 Å². The third-order valence-corrected chi connectivity index (χ3v) is 6.14. The molecule has 1 N–H and O–H groups in total. The Bertz CT molecular complexity index is 977. The molecule has 0 spiro atoms. The van der Waals surface area contributed by atoms with Gasteiger partial charge in [-0.2, -0.15) is 13.2 Å². The van der Waals surface area contributed by atoms with Gasteiger partial charge in [0.1, 0.15) is 16.9 Å². The van der Waals surface area contributed by atoms with Crippen molar-refractivity contribution >= 4 is 23.5 Å². The number of aliphatic carboxylic acids is 1. The van der Waals surface area contributed by atoms with Gasteiger partial charge in [0.05, 0.1) is 5.92 Å². The van der Waals surface area contributed by atoms with Crippen molar-refractivity contribution in [3.8, 4) is 11.5 Å². The van der Waals surface area contributed by atoms with E-state index in [9.17, 15) is 27.9 Å². The molecule has 172 valence electrons. The largest absolute Gasteiger partial charge is 0.478 e. The third-order valence-electron chi connectivity index (χ3n) is 5.72. The second-order valence-corrected chi connectivity index (χ2v) is 8.82. The maximum atomic E-state index is 12.8. The number of ether oxygens (including phenoxy) is 2. The predicted octanol–water partition coefficient (Wildman–Crippen LogP) is 5.98. The molecule has 1 aliphatic carbocycles. The number of esters is 1. The van der Waals surface area contributed by atoms with Crippen molar-refractivity contribution in [3.63, 3.8) is 0 Å². The van der Waals surface area contributed by atoms with Crippen LogP contribution in [0.2, 0.25) is 0 Å². The van der Waals surface area contributed by atoms with Crippen molar-refractivity contribution in [2.75, 3.05) is 0 Å². The molecule has 0 aromatic heterocycles. The van der Waals surface area contributed by atoms with Crippen LogP contribution in [0.3, 0.4) is 0 Å². The second-order valence-electron chi connectivity index (χ2n) is 8.29. The number of rotatable bonds is 8. The minimum atomic E-state index is -4.59. The highest BCUT2D eigenvalue weighted by atomic mass is 35.5. The van der Waals surface area contributed by atoms with E-state index in [2.05, 4.69) is 0 Å². The van der Waals surface area contributed by atoms with E-state index >= 15 is 0 Å². The van der Waals surface area contributed by atoms with Crippen LogP contribution >= 0.6 is 11.6 Å². The molecule has 0 heterocycles. The number of carbonyl (C=O) groups is 2. The van der Waals surface area contributed by atoms with Crippen molar-refractivity contribution in [2.24, 2.45) is 17.3 Å². The first-order valence-electron chi connectivity index (χ1n) is 9.88. The summed E-state index contributed by atoms with van der Waals surface area (Å²) in [4.78, 5) is 24.5. The lowest BCUT2D eigenvalue weighted by molar-refractivity contribution is -0.166. The Labute approximate surface area is 188 Å². The molecule has 0 aliphatic heterocycles. The summed E-state index contributed by atoms with van der Waals surface area (Å²) < 4.78 is 49.4. The molecule has 0 radical (unpaired) electrons. The van der Waals surface area contributed by atoms with E-state index in [-0.39, 0.29) is 5.56 Å². The van der Waals surface area contributed by atoms with Gasteiger partial charge in [0.2, 0.25) is 6.10 Å².